The van der Waals surface area contributed by atoms with E-state index in [1.165, 1.54) is 36.2 Å². The lowest BCUT2D eigenvalue weighted by atomic mass is 10.1. The normalized spacial score (nSPS) is 12.0. The van der Waals surface area contributed by atoms with E-state index in [4.69, 9.17) is 0 Å². The molecular formula is C26H28FN3O4S. The monoisotopic (exact) mass is 497 g/mol. The quantitative estimate of drug-likeness (QED) is 0.490. The van der Waals surface area contributed by atoms with Gasteiger partial charge in [0.25, 0.3) is 10.0 Å². The third-order valence-electron chi connectivity index (χ3n) is 5.74. The molecule has 0 heterocycles. The Labute approximate surface area is 205 Å². The van der Waals surface area contributed by atoms with Gasteiger partial charge in [0.2, 0.25) is 11.8 Å². The Morgan fingerprint density at radius 3 is 2.14 bits per heavy atom. The summed E-state index contributed by atoms with van der Waals surface area (Å²) < 4.78 is 41.6. The van der Waals surface area contributed by atoms with E-state index in [9.17, 15) is 22.4 Å². The van der Waals surface area contributed by atoms with Gasteiger partial charge in [-0.15, -0.1) is 0 Å². The average Bonchev–Trinajstić information content (AvgIpc) is 2.86. The second kappa shape index (κ2) is 11.1. The van der Waals surface area contributed by atoms with Crippen molar-refractivity contribution >= 4 is 27.5 Å². The molecule has 0 aliphatic carbocycles. The van der Waals surface area contributed by atoms with Crippen LogP contribution in [0.4, 0.5) is 10.1 Å². The Balaban J connectivity index is 2.02. The minimum absolute atomic E-state index is 0.0121. The molecule has 2 amide bonds. The molecule has 1 atom stereocenters. The van der Waals surface area contributed by atoms with Gasteiger partial charge >= 0.3 is 0 Å². The summed E-state index contributed by atoms with van der Waals surface area (Å²) in [6.45, 7) is 3.02. The molecule has 7 nitrogen and oxygen atoms in total. The number of rotatable bonds is 9. The molecule has 35 heavy (non-hydrogen) atoms. The van der Waals surface area contributed by atoms with E-state index in [1.807, 2.05) is 31.2 Å². The number of amides is 2. The highest BCUT2D eigenvalue weighted by molar-refractivity contribution is 7.92. The summed E-state index contributed by atoms with van der Waals surface area (Å²) >= 11 is 0. The van der Waals surface area contributed by atoms with Crippen LogP contribution >= 0.6 is 0 Å². The van der Waals surface area contributed by atoms with Crippen LogP contribution in [0.1, 0.15) is 18.1 Å². The smallest absolute Gasteiger partial charge is 0.264 e. The lowest BCUT2D eigenvalue weighted by Gasteiger charge is -2.32. The summed E-state index contributed by atoms with van der Waals surface area (Å²) in [5.74, 6) is -1.49. The maximum atomic E-state index is 13.6. The van der Waals surface area contributed by atoms with Crippen molar-refractivity contribution in [1.29, 1.82) is 0 Å². The van der Waals surface area contributed by atoms with Gasteiger partial charge in [-0.1, -0.05) is 42.5 Å². The van der Waals surface area contributed by atoms with Crippen molar-refractivity contribution in [3.63, 3.8) is 0 Å². The molecule has 0 aliphatic rings. The van der Waals surface area contributed by atoms with Gasteiger partial charge in [0.05, 0.1) is 10.6 Å². The number of sulfonamides is 1. The fourth-order valence-corrected chi connectivity index (χ4v) is 5.05. The number of carbonyl (C=O) groups excluding carboxylic acids is 2. The predicted molar refractivity (Wildman–Crippen MR) is 133 cm³/mol. The fourth-order valence-electron chi connectivity index (χ4n) is 3.62. The lowest BCUT2D eigenvalue weighted by Crippen LogP contribution is -2.50. The molecule has 184 valence electrons. The van der Waals surface area contributed by atoms with Gasteiger partial charge in [-0.2, -0.15) is 0 Å². The lowest BCUT2D eigenvalue weighted by molar-refractivity contribution is -0.139. The Bertz CT molecular complexity index is 1280. The van der Waals surface area contributed by atoms with E-state index in [0.29, 0.717) is 0 Å². The zero-order chi connectivity index (χ0) is 25.6. The maximum Gasteiger partial charge on any atom is 0.264 e. The second-order valence-corrected chi connectivity index (χ2v) is 9.90. The Hall–Kier alpha value is -3.72. The van der Waals surface area contributed by atoms with Gasteiger partial charge in [-0.3, -0.25) is 13.9 Å². The maximum absolute atomic E-state index is 13.6. The molecule has 3 rings (SSSR count). The molecule has 0 spiro atoms. The van der Waals surface area contributed by atoms with Crippen LogP contribution in [0.3, 0.4) is 0 Å². The Morgan fingerprint density at radius 1 is 0.943 bits per heavy atom. The minimum Gasteiger partial charge on any atom is -0.357 e. The Kier molecular flexibility index (Phi) is 8.24. The molecule has 0 saturated heterocycles. The van der Waals surface area contributed by atoms with E-state index in [0.717, 1.165) is 27.6 Å². The van der Waals surface area contributed by atoms with Crippen LogP contribution in [0.25, 0.3) is 0 Å². The molecule has 3 aromatic carbocycles. The first kappa shape index (κ1) is 25.9. The zero-order valence-electron chi connectivity index (χ0n) is 19.8. The summed E-state index contributed by atoms with van der Waals surface area (Å²) in [6, 6.07) is 19.1. The SMILES string of the molecule is CNC(=O)[C@@H](C)N(Cc1ccccc1C)C(=O)CN(c1ccc(F)cc1)S(=O)(=O)c1ccccc1. The molecule has 1 N–H and O–H groups in total. The van der Waals surface area contributed by atoms with Gasteiger partial charge in [-0.05, 0) is 61.4 Å². The molecule has 3 aromatic rings. The van der Waals surface area contributed by atoms with E-state index < -0.39 is 34.3 Å². The summed E-state index contributed by atoms with van der Waals surface area (Å²) in [6.07, 6.45) is 0. The minimum atomic E-state index is -4.17. The number of hydrogen-bond acceptors (Lipinski definition) is 4. The van der Waals surface area contributed by atoms with Crippen molar-refractivity contribution in [3.8, 4) is 0 Å². The molecule has 0 aliphatic heterocycles. The van der Waals surface area contributed by atoms with E-state index >= 15 is 0 Å². The first-order chi connectivity index (χ1) is 16.6. The van der Waals surface area contributed by atoms with E-state index in [1.54, 1.807) is 25.1 Å². The predicted octanol–water partition coefficient (Wildman–Crippen LogP) is 3.49. The topological polar surface area (TPSA) is 86.8 Å². The van der Waals surface area contributed by atoms with Crippen LogP contribution in [0, 0.1) is 12.7 Å². The fraction of sp³-hybridized carbons (Fsp3) is 0.231. The van der Waals surface area contributed by atoms with E-state index in [-0.39, 0.29) is 23.0 Å². The number of hydrogen-bond donors (Lipinski definition) is 1. The van der Waals surface area contributed by atoms with Crippen molar-refractivity contribution in [2.45, 2.75) is 31.3 Å². The van der Waals surface area contributed by atoms with Crippen molar-refractivity contribution in [2.75, 3.05) is 17.9 Å². The zero-order valence-corrected chi connectivity index (χ0v) is 20.6. The molecule has 9 heteroatoms. The number of nitrogens with one attached hydrogen (secondary N) is 1. The van der Waals surface area contributed by atoms with Crippen LogP contribution in [-0.2, 0) is 26.2 Å². The highest BCUT2D eigenvalue weighted by atomic mass is 32.2. The van der Waals surface area contributed by atoms with Crippen LogP contribution in [-0.4, -0.2) is 44.8 Å². The molecule has 0 unspecified atom stereocenters. The molecule has 0 bridgehead atoms. The molecule has 0 radical (unpaired) electrons. The summed E-state index contributed by atoms with van der Waals surface area (Å²) in [7, 11) is -2.69. The van der Waals surface area contributed by atoms with Crippen molar-refractivity contribution < 1.29 is 22.4 Å². The largest absolute Gasteiger partial charge is 0.357 e. The third kappa shape index (κ3) is 6.05. The molecule has 0 saturated carbocycles. The van der Waals surface area contributed by atoms with Crippen molar-refractivity contribution in [3.05, 3.63) is 95.8 Å². The van der Waals surface area contributed by atoms with Crippen molar-refractivity contribution in [1.82, 2.24) is 10.2 Å². The Morgan fingerprint density at radius 2 is 1.54 bits per heavy atom. The van der Waals surface area contributed by atoms with Gasteiger partial charge < -0.3 is 10.2 Å². The van der Waals surface area contributed by atoms with Crippen LogP contribution in [0.5, 0.6) is 0 Å². The summed E-state index contributed by atoms with van der Waals surface area (Å²) in [4.78, 5) is 27.4. The van der Waals surface area contributed by atoms with Gasteiger partial charge in [0.1, 0.15) is 18.4 Å². The summed E-state index contributed by atoms with van der Waals surface area (Å²) in [5, 5.41) is 2.54. The standard InChI is InChI=1S/C26H28FN3O4S/c1-19-9-7-8-10-21(19)17-29(20(2)26(32)28-3)25(31)18-30(23-15-13-22(27)14-16-23)35(33,34)24-11-5-4-6-12-24/h4-16,20H,17-18H2,1-3H3,(H,28,32)/t20-/m1/s1. The number of carbonyl (C=O) groups is 2. The second-order valence-electron chi connectivity index (χ2n) is 8.04. The average molecular weight is 498 g/mol. The number of benzene rings is 3. The van der Waals surface area contributed by atoms with Gasteiger partial charge in [0.15, 0.2) is 0 Å². The van der Waals surface area contributed by atoms with Crippen LogP contribution in [0.15, 0.2) is 83.8 Å². The highest BCUT2D eigenvalue weighted by Gasteiger charge is 2.32. The number of nitrogens with zero attached hydrogens (tertiary/aromatic N) is 2. The molecule has 0 fully saturated rings. The van der Waals surface area contributed by atoms with Gasteiger partial charge in [0, 0.05) is 13.6 Å². The number of aryl methyl sites for hydroxylation is 1. The van der Waals surface area contributed by atoms with Crippen LogP contribution in [0.2, 0.25) is 0 Å². The number of likely N-dealkylation sites (N-methyl/N-ethyl adjacent to an activating group) is 1. The van der Waals surface area contributed by atoms with Gasteiger partial charge in [-0.25, -0.2) is 12.8 Å². The number of anilines is 1. The molecule has 0 aromatic heterocycles. The first-order valence-electron chi connectivity index (χ1n) is 11.0. The van der Waals surface area contributed by atoms with Crippen LogP contribution < -0.4 is 9.62 Å². The van der Waals surface area contributed by atoms with Crippen molar-refractivity contribution in [2.24, 2.45) is 0 Å². The third-order valence-corrected chi connectivity index (χ3v) is 7.53. The highest BCUT2D eigenvalue weighted by Crippen LogP contribution is 2.25. The molecular weight excluding hydrogens is 469 g/mol. The first-order valence-corrected chi connectivity index (χ1v) is 12.5. The summed E-state index contributed by atoms with van der Waals surface area (Å²) in [5.41, 5.74) is 1.89. The number of halogens is 1. The van der Waals surface area contributed by atoms with E-state index in [2.05, 4.69) is 5.32 Å².